The number of phenols is 1. The number of aromatic amines is 1. The van der Waals surface area contributed by atoms with Crippen LogP contribution in [0.4, 0.5) is 0 Å². The number of thioether (sulfide) groups is 1. The van der Waals surface area contributed by atoms with Gasteiger partial charge in [-0.05, 0) is 84.6 Å². The summed E-state index contributed by atoms with van der Waals surface area (Å²) in [6, 6.07) is 21.4. The number of nitrogens with zero attached hydrogens (tertiary/aromatic N) is 3. The molecule has 5 rings (SSSR count). The van der Waals surface area contributed by atoms with Crippen LogP contribution in [0.5, 0.6) is 5.75 Å². The van der Waals surface area contributed by atoms with Crippen LogP contribution in [0.15, 0.2) is 96.3 Å². The number of rotatable bonds is 11. The Morgan fingerprint density at radius 1 is 0.955 bits per heavy atom. The average Bonchev–Trinajstić information content (AvgIpc) is 3.72. The van der Waals surface area contributed by atoms with E-state index < -0.39 is 0 Å². The van der Waals surface area contributed by atoms with Gasteiger partial charge in [-0.15, -0.1) is 11.8 Å². The van der Waals surface area contributed by atoms with Gasteiger partial charge < -0.3 is 15.7 Å². The van der Waals surface area contributed by atoms with Crippen molar-refractivity contribution < 1.29 is 14.7 Å². The first-order chi connectivity index (χ1) is 21.4. The molecule has 5 aromatic rings. The average molecular weight is 605 g/mol. The van der Waals surface area contributed by atoms with Gasteiger partial charge in [-0.1, -0.05) is 24.0 Å². The molecule has 0 atom stereocenters. The Hall–Kier alpha value is -5.27. The molecule has 2 amide bonds. The Morgan fingerprint density at radius 3 is 2.52 bits per heavy atom. The first-order valence-electron chi connectivity index (χ1n) is 14.1. The normalized spacial score (nSPS) is 10.6. The molecule has 0 aliphatic rings. The van der Waals surface area contributed by atoms with Gasteiger partial charge in [-0.25, -0.2) is 0 Å². The lowest BCUT2D eigenvalue weighted by molar-refractivity contribution is 0.0944. The van der Waals surface area contributed by atoms with Crippen molar-refractivity contribution in [3.63, 3.8) is 0 Å². The topological polar surface area (TPSA) is 125 Å². The van der Waals surface area contributed by atoms with E-state index in [0.29, 0.717) is 30.0 Å². The minimum atomic E-state index is -0.218. The molecule has 2 heterocycles. The summed E-state index contributed by atoms with van der Waals surface area (Å²) in [5, 5.41) is 26.7. The zero-order valence-electron chi connectivity index (χ0n) is 24.2. The third-order valence-electron chi connectivity index (χ3n) is 6.72. The number of aryl methyl sites for hydroxylation is 2. The highest BCUT2D eigenvalue weighted by molar-refractivity contribution is 7.98. The number of carbonyl (C=O) groups is 2. The first-order valence-corrected chi connectivity index (χ1v) is 15.1. The number of benzene rings is 3. The van der Waals surface area contributed by atoms with Crippen molar-refractivity contribution in [1.29, 1.82) is 0 Å². The van der Waals surface area contributed by atoms with E-state index in [1.165, 1.54) is 0 Å². The monoisotopic (exact) mass is 604 g/mol. The predicted octanol–water partition coefficient (Wildman–Crippen LogP) is 4.83. The minimum absolute atomic E-state index is 0.150. The minimum Gasteiger partial charge on any atom is -0.508 e. The Morgan fingerprint density at radius 2 is 1.77 bits per heavy atom. The van der Waals surface area contributed by atoms with E-state index in [1.807, 2.05) is 49.8 Å². The standard InChI is InChI=1S/C34H32N6O3S/c1-40-17-15-30(39-40)23-44-32-14-13-29(34(43)35-16-3-5-26-21-37-38-22-26)19-28(32)12-9-24-7-10-27(11-8-24)33(42)36-20-25-4-2-6-31(41)18-25/h2,4,6-8,10-11,13-15,17-19,21-22,41H,3,5,16,20,23H2,1H3,(H,35,43)(H,36,42)(H,37,38). The number of phenolic OH excluding ortho intramolecular Hbond substituents is 1. The van der Waals surface area contributed by atoms with Crippen LogP contribution in [0, 0.1) is 11.8 Å². The summed E-state index contributed by atoms with van der Waals surface area (Å²) in [7, 11) is 1.89. The van der Waals surface area contributed by atoms with E-state index in [4.69, 9.17) is 0 Å². The first kappa shape index (κ1) is 30.2. The Labute approximate surface area is 260 Å². The molecule has 0 saturated carbocycles. The molecule has 0 saturated heterocycles. The lowest BCUT2D eigenvalue weighted by Gasteiger charge is -2.09. The van der Waals surface area contributed by atoms with Crippen LogP contribution < -0.4 is 10.6 Å². The third kappa shape index (κ3) is 8.63. The highest BCUT2D eigenvalue weighted by Gasteiger charge is 2.11. The number of hydrogen-bond acceptors (Lipinski definition) is 6. The summed E-state index contributed by atoms with van der Waals surface area (Å²) in [5.74, 6) is 6.88. The second-order valence-electron chi connectivity index (χ2n) is 10.1. The van der Waals surface area contributed by atoms with Crippen LogP contribution in [0.2, 0.25) is 0 Å². The number of H-pyrrole nitrogens is 1. The molecule has 2 aromatic heterocycles. The second-order valence-corrected chi connectivity index (χ2v) is 11.1. The predicted molar refractivity (Wildman–Crippen MR) is 170 cm³/mol. The molecule has 0 aliphatic carbocycles. The number of aromatic nitrogens is 4. The van der Waals surface area contributed by atoms with Gasteiger partial charge in [0.15, 0.2) is 0 Å². The van der Waals surface area contributed by atoms with Gasteiger partial charge in [0, 0.05) is 65.4 Å². The maximum atomic E-state index is 12.9. The van der Waals surface area contributed by atoms with E-state index in [9.17, 15) is 14.7 Å². The van der Waals surface area contributed by atoms with Crippen molar-refractivity contribution in [2.45, 2.75) is 30.0 Å². The molecular formula is C34H32N6O3S. The van der Waals surface area contributed by atoms with Crippen LogP contribution in [-0.2, 0) is 25.8 Å². The molecule has 0 spiro atoms. The number of hydrogen-bond donors (Lipinski definition) is 4. The largest absolute Gasteiger partial charge is 0.508 e. The molecular weight excluding hydrogens is 572 g/mol. The van der Waals surface area contributed by atoms with Crippen molar-refractivity contribution in [3.8, 4) is 17.6 Å². The van der Waals surface area contributed by atoms with E-state index >= 15 is 0 Å². The van der Waals surface area contributed by atoms with E-state index in [1.54, 1.807) is 65.1 Å². The number of aromatic hydroxyl groups is 1. The van der Waals surface area contributed by atoms with Gasteiger partial charge in [-0.3, -0.25) is 19.4 Å². The summed E-state index contributed by atoms with van der Waals surface area (Å²) >= 11 is 1.61. The second kappa shape index (κ2) is 14.8. The van der Waals surface area contributed by atoms with Gasteiger partial charge in [0.1, 0.15) is 5.75 Å². The highest BCUT2D eigenvalue weighted by Crippen LogP contribution is 2.27. The fourth-order valence-electron chi connectivity index (χ4n) is 4.39. The molecule has 0 bridgehead atoms. The number of amides is 2. The quantitative estimate of drug-likeness (QED) is 0.0973. The van der Waals surface area contributed by atoms with Crippen molar-refractivity contribution in [1.82, 2.24) is 30.6 Å². The zero-order valence-corrected chi connectivity index (χ0v) is 25.0. The van der Waals surface area contributed by atoms with Gasteiger partial charge in [0.2, 0.25) is 0 Å². The molecule has 0 fully saturated rings. The van der Waals surface area contributed by atoms with E-state index in [2.05, 4.69) is 37.8 Å². The zero-order chi connectivity index (χ0) is 30.7. The number of nitrogens with one attached hydrogen (secondary N) is 3. The SMILES string of the molecule is Cn1ccc(CSc2ccc(C(=O)NCCCc3cn[nH]c3)cc2C#Cc2ccc(C(=O)NCc3cccc(O)c3)cc2)n1. The lowest BCUT2D eigenvalue weighted by Crippen LogP contribution is -2.24. The summed E-state index contributed by atoms with van der Waals surface area (Å²) in [6.07, 6.45) is 7.19. The fraction of sp³-hybridized carbons (Fsp3) is 0.176. The van der Waals surface area contributed by atoms with E-state index in [-0.39, 0.29) is 17.6 Å². The van der Waals surface area contributed by atoms with Gasteiger partial charge in [0.05, 0.1) is 11.9 Å². The van der Waals surface area contributed by atoms with Crippen LogP contribution in [0.3, 0.4) is 0 Å². The van der Waals surface area contributed by atoms with Crippen molar-refractivity contribution in [2.24, 2.45) is 7.05 Å². The van der Waals surface area contributed by atoms with E-state index in [0.717, 1.165) is 45.7 Å². The highest BCUT2D eigenvalue weighted by atomic mass is 32.2. The van der Waals surface area contributed by atoms with Crippen LogP contribution in [0.25, 0.3) is 0 Å². The summed E-state index contributed by atoms with van der Waals surface area (Å²) < 4.78 is 1.77. The molecule has 0 unspecified atom stereocenters. The van der Waals surface area contributed by atoms with Crippen LogP contribution in [0.1, 0.15) is 55.1 Å². The maximum Gasteiger partial charge on any atom is 0.251 e. The molecule has 0 radical (unpaired) electrons. The fourth-order valence-corrected chi connectivity index (χ4v) is 5.28. The number of carbonyl (C=O) groups excluding carboxylic acids is 2. The molecule has 222 valence electrons. The van der Waals surface area contributed by atoms with Crippen molar-refractivity contribution in [2.75, 3.05) is 6.54 Å². The van der Waals surface area contributed by atoms with Crippen LogP contribution in [-0.4, -0.2) is 43.4 Å². The summed E-state index contributed by atoms with van der Waals surface area (Å²) in [5.41, 5.74) is 5.39. The maximum absolute atomic E-state index is 12.9. The lowest BCUT2D eigenvalue weighted by atomic mass is 10.1. The Kier molecular flexibility index (Phi) is 10.1. The van der Waals surface area contributed by atoms with Gasteiger partial charge in [0.25, 0.3) is 11.8 Å². The molecule has 3 aromatic carbocycles. The molecule has 0 aliphatic heterocycles. The summed E-state index contributed by atoms with van der Waals surface area (Å²) in [4.78, 5) is 26.5. The molecule has 4 N–H and O–H groups in total. The molecule has 10 heteroatoms. The Bertz CT molecular complexity index is 1790. The summed E-state index contributed by atoms with van der Waals surface area (Å²) in [6.45, 7) is 0.858. The van der Waals surface area contributed by atoms with Gasteiger partial charge >= 0.3 is 0 Å². The van der Waals surface area contributed by atoms with Gasteiger partial charge in [-0.2, -0.15) is 10.2 Å². The van der Waals surface area contributed by atoms with Crippen molar-refractivity contribution >= 4 is 23.6 Å². The van der Waals surface area contributed by atoms with Crippen molar-refractivity contribution in [3.05, 3.63) is 130 Å². The third-order valence-corrected chi connectivity index (χ3v) is 7.83. The molecule has 9 nitrogen and oxygen atoms in total. The molecule has 44 heavy (non-hydrogen) atoms. The van der Waals surface area contributed by atoms with Crippen LogP contribution >= 0.6 is 11.8 Å². The Balaban J connectivity index is 1.26. The smallest absolute Gasteiger partial charge is 0.251 e.